The Bertz CT molecular complexity index is 1050. The van der Waals surface area contributed by atoms with Gasteiger partial charge in [0.05, 0.1) is 0 Å². The fraction of sp³-hybridized carbons (Fsp3) is 0.150. The van der Waals surface area contributed by atoms with Crippen molar-refractivity contribution < 1.29 is 13.2 Å². The molecule has 5 nitrogen and oxygen atoms in total. The summed E-state index contributed by atoms with van der Waals surface area (Å²) in [7, 11) is -3.81. The zero-order valence-corrected chi connectivity index (χ0v) is 17.4. The lowest BCUT2D eigenvalue weighted by atomic mass is 10.1. The van der Waals surface area contributed by atoms with Crippen LogP contribution in [-0.2, 0) is 21.2 Å². The first-order valence-electron chi connectivity index (χ1n) is 8.52. The Morgan fingerprint density at radius 2 is 1.86 bits per heavy atom. The molecule has 0 aliphatic heterocycles. The van der Waals surface area contributed by atoms with Gasteiger partial charge in [-0.15, -0.1) is 11.3 Å². The van der Waals surface area contributed by atoms with Gasteiger partial charge in [-0.1, -0.05) is 54.1 Å². The molecule has 0 saturated heterocycles. The van der Waals surface area contributed by atoms with Crippen molar-refractivity contribution in [2.24, 2.45) is 0 Å². The smallest absolute Gasteiger partial charge is 0.250 e. The number of hydrogen-bond donors (Lipinski definition) is 2. The van der Waals surface area contributed by atoms with E-state index in [0.29, 0.717) is 10.7 Å². The van der Waals surface area contributed by atoms with E-state index in [1.165, 1.54) is 6.07 Å². The second kappa shape index (κ2) is 8.87. The summed E-state index contributed by atoms with van der Waals surface area (Å²) in [6, 6.07) is 16.6. The highest BCUT2D eigenvalue weighted by Gasteiger charge is 2.27. The predicted molar refractivity (Wildman–Crippen MR) is 113 cm³/mol. The van der Waals surface area contributed by atoms with Crippen molar-refractivity contribution in [2.45, 2.75) is 23.6 Å². The number of amides is 1. The molecule has 1 amide bonds. The molecular weight excluding hydrogens is 416 g/mol. The zero-order chi connectivity index (χ0) is 20.1. The molecule has 146 valence electrons. The van der Waals surface area contributed by atoms with Gasteiger partial charge in [0.1, 0.15) is 10.3 Å². The van der Waals surface area contributed by atoms with E-state index in [9.17, 15) is 13.2 Å². The number of thiophene rings is 1. The Morgan fingerprint density at radius 3 is 2.50 bits per heavy atom. The number of anilines is 1. The second-order valence-corrected chi connectivity index (χ2v) is 9.54. The van der Waals surface area contributed by atoms with Crippen molar-refractivity contribution in [3.8, 4) is 0 Å². The van der Waals surface area contributed by atoms with E-state index in [1.807, 2.05) is 37.3 Å². The number of nitrogens with one attached hydrogen (secondary N) is 2. The number of aryl methyl sites for hydroxylation is 1. The summed E-state index contributed by atoms with van der Waals surface area (Å²) in [5.41, 5.74) is 2.24. The van der Waals surface area contributed by atoms with E-state index in [-0.39, 0.29) is 10.6 Å². The molecule has 0 aliphatic carbocycles. The number of carbonyl (C=O) groups is 1. The molecule has 0 unspecified atom stereocenters. The average molecular weight is 435 g/mol. The molecule has 0 aliphatic rings. The number of rotatable bonds is 7. The SMILES string of the molecule is Cc1ccc(NC(=O)[C@@H](Cc2ccccc2)NS(=O)(=O)c2cccs2)cc1Cl. The molecule has 2 N–H and O–H groups in total. The molecule has 28 heavy (non-hydrogen) atoms. The van der Waals surface area contributed by atoms with E-state index >= 15 is 0 Å². The largest absolute Gasteiger partial charge is 0.325 e. The minimum atomic E-state index is -3.81. The highest BCUT2D eigenvalue weighted by molar-refractivity contribution is 7.91. The molecule has 1 atom stereocenters. The van der Waals surface area contributed by atoms with Gasteiger partial charge in [0.15, 0.2) is 0 Å². The molecule has 2 aromatic carbocycles. The summed E-state index contributed by atoms with van der Waals surface area (Å²) < 4.78 is 28.0. The summed E-state index contributed by atoms with van der Waals surface area (Å²) in [4.78, 5) is 12.9. The molecule has 0 bridgehead atoms. The highest BCUT2D eigenvalue weighted by Crippen LogP contribution is 2.21. The van der Waals surface area contributed by atoms with Gasteiger partial charge in [0.25, 0.3) is 10.0 Å². The normalized spacial score (nSPS) is 12.5. The minimum Gasteiger partial charge on any atom is -0.325 e. The van der Waals surface area contributed by atoms with Crippen molar-refractivity contribution in [3.05, 3.63) is 82.2 Å². The van der Waals surface area contributed by atoms with E-state index in [2.05, 4.69) is 10.0 Å². The van der Waals surface area contributed by atoms with E-state index in [1.54, 1.807) is 29.6 Å². The highest BCUT2D eigenvalue weighted by atomic mass is 35.5. The third-order valence-electron chi connectivity index (χ3n) is 4.10. The Labute approximate surface area is 173 Å². The van der Waals surface area contributed by atoms with Crippen LogP contribution in [0.5, 0.6) is 0 Å². The van der Waals surface area contributed by atoms with Crippen molar-refractivity contribution in [1.82, 2.24) is 4.72 Å². The van der Waals surface area contributed by atoms with Crippen LogP contribution in [0.25, 0.3) is 0 Å². The Balaban J connectivity index is 1.84. The first-order valence-corrected chi connectivity index (χ1v) is 11.3. The molecule has 0 saturated carbocycles. The van der Waals surface area contributed by atoms with Crippen LogP contribution in [0.3, 0.4) is 0 Å². The van der Waals surface area contributed by atoms with Gasteiger partial charge in [-0.3, -0.25) is 4.79 Å². The summed E-state index contributed by atoms with van der Waals surface area (Å²) in [6.45, 7) is 1.86. The summed E-state index contributed by atoms with van der Waals surface area (Å²) >= 11 is 7.22. The number of hydrogen-bond acceptors (Lipinski definition) is 4. The average Bonchev–Trinajstić information content (AvgIpc) is 3.21. The molecule has 3 rings (SSSR count). The lowest BCUT2D eigenvalue weighted by Gasteiger charge is -2.18. The standard InChI is InChI=1S/C20H19ClN2O3S2/c1-14-9-10-16(13-17(14)21)22-20(24)18(12-15-6-3-2-4-7-15)23-28(25,26)19-8-5-11-27-19/h2-11,13,18,23H,12H2,1H3,(H,22,24)/t18-/m1/s1. The third kappa shape index (κ3) is 5.20. The zero-order valence-electron chi connectivity index (χ0n) is 15.1. The third-order valence-corrected chi connectivity index (χ3v) is 7.37. The molecule has 3 aromatic rings. The second-order valence-electron chi connectivity index (χ2n) is 6.25. The maximum absolute atomic E-state index is 12.9. The first kappa shape index (κ1) is 20.5. The first-order chi connectivity index (χ1) is 13.3. The van der Waals surface area contributed by atoms with Gasteiger partial charge in [-0.25, -0.2) is 8.42 Å². The maximum Gasteiger partial charge on any atom is 0.250 e. The number of benzene rings is 2. The van der Waals surface area contributed by atoms with E-state index < -0.39 is 22.0 Å². The van der Waals surface area contributed by atoms with Crippen LogP contribution in [0, 0.1) is 6.92 Å². The van der Waals surface area contributed by atoms with Crippen LogP contribution in [0.4, 0.5) is 5.69 Å². The Hall–Kier alpha value is -2.19. The lowest BCUT2D eigenvalue weighted by molar-refractivity contribution is -0.117. The predicted octanol–water partition coefficient (Wildman–Crippen LogP) is 4.24. The molecule has 8 heteroatoms. The molecule has 0 spiro atoms. The molecule has 1 aromatic heterocycles. The van der Waals surface area contributed by atoms with Crippen LogP contribution in [0.2, 0.25) is 5.02 Å². The van der Waals surface area contributed by atoms with Gasteiger partial charge >= 0.3 is 0 Å². The number of halogens is 1. The Morgan fingerprint density at radius 1 is 1.11 bits per heavy atom. The van der Waals surface area contributed by atoms with Gasteiger partial charge in [-0.05, 0) is 48.1 Å². The summed E-state index contributed by atoms with van der Waals surface area (Å²) in [6.07, 6.45) is 0.219. The van der Waals surface area contributed by atoms with Crippen molar-refractivity contribution in [1.29, 1.82) is 0 Å². The number of sulfonamides is 1. The van der Waals surface area contributed by atoms with Gasteiger partial charge in [0.2, 0.25) is 5.91 Å². The molecular formula is C20H19ClN2O3S2. The van der Waals surface area contributed by atoms with E-state index in [4.69, 9.17) is 11.6 Å². The molecule has 0 radical (unpaired) electrons. The van der Waals surface area contributed by atoms with E-state index in [0.717, 1.165) is 22.5 Å². The summed E-state index contributed by atoms with van der Waals surface area (Å²) in [5.74, 6) is -0.455. The topological polar surface area (TPSA) is 75.3 Å². The van der Waals surface area contributed by atoms with Crippen LogP contribution in [-0.4, -0.2) is 20.4 Å². The van der Waals surface area contributed by atoms with Crippen molar-refractivity contribution in [2.75, 3.05) is 5.32 Å². The van der Waals surface area contributed by atoms with Crippen LogP contribution < -0.4 is 10.0 Å². The van der Waals surface area contributed by atoms with Crippen LogP contribution in [0.1, 0.15) is 11.1 Å². The fourth-order valence-electron chi connectivity index (χ4n) is 2.60. The maximum atomic E-state index is 12.9. The van der Waals surface area contributed by atoms with Gasteiger partial charge in [-0.2, -0.15) is 4.72 Å². The molecule has 1 heterocycles. The van der Waals surface area contributed by atoms with Crippen LogP contribution >= 0.6 is 22.9 Å². The van der Waals surface area contributed by atoms with Crippen LogP contribution in [0.15, 0.2) is 70.3 Å². The fourth-order valence-corrected chi connectivity index (χ4v) is 4.98. The lowest BCUT2D eigenvalue weighted by Crippen LogP contribution is -2.45. The van der Waals surface area contributed by atoms with Gasteiger partial charge in [0, 0.05) is 10.7 Å². The van der Waals surface area contributed by atoms with Crippen molar-refractivity contribution in [3.63, 3.8) is 0 Å². The minimum absolute atomic E-state index is 0.164. The van der Waals surface area contributed by atoms with Crippen molar-refractivity contribution >= 4 is 44.6 Å². The quantitative estimate of drug-likeness (QED) is 0.584. The Kier molecular flexibility index (Phi) is 6.51. The summed E-state index contributed by atoms with van der Waals surface area (Å²) in [5, 5.41) is 4.95. The molecule has 0 fully saturated rings. The number of carbonyl (C=O) groups excluding carboxylic acids is 1. The monoisotopic (exact) mass is 434 g/mol. The van der Waals surface area contributed by atoms with Gasteiger partial charge < -0.3 is 5.32 Å².